The van der Waals surface area contributed by atoms with Crippen molar-refractivity contribution in [3.05, 3.63) is 113 Å². The van der Waals surface area contributed by atoms with E-state index in [1.807, 2.05) is 12.1 Å². The molecule has 4 rings (SSSR count). The quantitative estimate of drug-likeness (QED) is 0.196. The lowest BCUT2D eigenvalue weighted by atomic mass is 9.93. The second-order valence-electron chi connectivity index (χ2n) is 9.62. The average molecular weight is 595 g/mol. The van der Waals surface area contributed by atoms with E-state index in [-0.39, 0.29) is 0 Å². The van der Waals surface area contributed by atoms with E-state index in [1.165, 1.54) is 6.07 Å². The molecule has 0 aromatic heterocycles. The van der Waals surface area contributed by atoms with E-state index in [2.05, 4.69) is 23.5 Å². The molecule has 2 atom stereocenters. The zero-order valence-corrected chi connectivity index (χ0v) is 22.0. The van der Waals surface area contributed by atoms with Gasteiger partial charge in [-0.3, -0.25) is 0 Å². The van der Waals surface area contributed by atoms with Gasteiger partial charge in [0.2, 0.25) is 0 Å². The molecule has 0 aliphatic heterocycles. The summed E-state index contributed by atoms with van der Waals surface area (Å²) in [6, 6.07) is 12.8. The summed E-state index contributed by atoms with van der Waals surface area (Å²) in [6.07, 6.45) is -8.28. The van der Waals surface area contributed by atoms with Crippen LogP contribution in [0.4, 0.5) is 39.5 Å². The van der Waals surface area contributed by atoms with Gasteiger partial charge in [0.05, 0.1) is 11.1 Å². The molecule has 220 valence electrons. The number of rotatable bonds is 7. The Hall–Kier alpha value is -4.13. The van der Waals surface area contributed by atoms with Crippen LogP contribution in [-0.4, -0.2) is 12.3 Å². The summed E-state index contributed by atoms with van der Waals surface area (Å²) in [6.45, 7) is 2.07. The summed E-state index contributed by atoms with van der Waals surface area (Å²) in [5.74, 6) is -3.48. The Morgan fingerprint density at radius 3 is 2.10 bits per heavy atom. The predicted octanol–water partition coefficient (Wildman–Crippen LogP) is 9.76. The van der Waals surface area contributed by atoms with Gasteiger partial charge in [0, 0.05) is 11.6 Å². The van der Waals surface area contributed by atoms with Gasteiger partial charge in [0.15, 0.2) is 0 Å². The normalized spacial score (nSPS) is 17.2. The maximum atomic E-state index is 14.8. The van der Waals surface area contributed by atoms with Gasteiger partial charge < -0.3 is 4.74 Å². The molecule has 3 aromatic rings. The molecule has 2 unspecified atom stereocenters. The first kappa shape index (κ1) is 30.8. The molecule has 1 nitrogen and oxygen atoms in total. The lowest BCUT2D eigenvalue weighted by molar-refractivity contribution is -0.187. The van der Waals surface area contributed by atoms with E-state index in [0.29, 0.717) is 29.3 Å². The molecule has 0 bridgehead atoms. The number of halogens is 9. The molecule has 1 aliphatic rings. The Morgan fingerprint density at radius 1 is 0.810 bits per heavy atom. The van der Waals surface area contributed by atoms with Crippen LogP contribution in [0.3, 0.4) is 0 Å². The van der Waals surface area contributed by atoms with Gasteiger partial charge in [-0.05, 0) is 65.9 Å². The van der Waals surface area contributed by atoms with Crippen molar-refractivity contribution in [1.82, 2.24) is 0 Å². The van der Waals surface area contributed by atoms with Crippen molar-refractivity contribution in [1.29, 1.82) is 0 Å². The molecule has 0 saturated carbocycles. The molecule has 0 saturated heterocycles. The third kappa shape index (κ3) is 7.19. The standard InChI is InChI=1S/C32H23F9O/c1-2-3-4-19-5-8-21(9-6-19)23-12-14-25(27(34)17-23)32(40,41)42-24-13-11-22(26(33)18-24)10-7-20-15-28(35)30(29(36)16-20)31(37,38)39/h5-6,8-9,11-18,28,30H,2-4H2,1H3. The third-order valence-electron chi connectivity index (χ3n) is 6.52. The highest BCUT2D eigenvalue weighted by atomic mass is 19.4. The number of hydrogen-bond donors (Lipinski definition) is 0. The van der Waals surface area contributed by atoms with Crippen molar-refractivity contribution in [2.75, 3.05) is 0 Å². The number of allylic oxidation sites excluding steroid dienone is 4. The van der Waals surface area contributed by atoms with Crippen LogP contribution in [-0.2, 0) is 12.5 Å². The minimum atomic E-state index is -5.15. The summed E-state index contributed by atoms with van der Waals surface area (Å²) in [5, 5.41) is 0. The highest BCUT2D eigenvalue weighted by Gasteiger charge is 2.49. The lowest BCUT2D eigenvalue weighted by Crippen LogP contribution is -2.33. The Labute approximate surface area is 236 Å². The predicted molar refractivity (Wildman–Crippen MR) is 140 cm³/mol. The van der Waals surface area contributed by atoms with E-state index in [0.717, 1.165) is 49.1 Å². The molecule has 0 amide bonds. The molecular formula is C32H23F9O. The first-order valence-electron chi connectivity index (χ1n) is 12.9. The van der Waals surface area contributed by atoms with Crippen LogP contribution in [0.1, 0.15) is 36.5 Å². The fraction of sp³-hybridized carbons (Fsp3) is 0.250. The number of ether oxygens (including phenoxy) is 1. The number of benzene rings is 3. The van der Waals surface area contributed by atoms with E-state index in [4.69, 9.17) is 0 Å². The van der Waals surface area contributed by atoms with Crippen LogP contribution < -0.4 is 4.74 Å². The summed E-state index contributed by atoms with van der Waals surface area (Å²) in [4.78, 5) is 0. The fourth-order valence-electron chi connectivity index (χ4n) is 4.30. The van der Waals surface area contributed by atoms with Gasteiger partial charge in [0.1, 0.15) is 35.3 Å². The van der Waals surface area contributed by atoms with Crippen LogP contribution >= 0.6 is 0 Å². The maximum absolute atomic E-state index is 14.8. The molecule has 1 aliphatic carbocycles. The lowest BCUT2D eigenvalue weighted by Gasteiger charge is -2.23. The van der Waals surface area contributed by atoms with Crippen LogP contribution in [0.2, 0.25) is 0 Å². The molecule has 0 radical (unpaired) electrons. The van der Waals surface area contributed by atoms with Gasteiger partial charge in [-0.15, -0.1) is 0 Å². The molecule has 0 heterocycles. The number of hydrogen-bond acceptors (Lipinski definition) is 1. The van der Waals surface area contributed by atoms with Crippen molar-refractivity contribution in [2.45, 2.75) is 44.6 Å². The molecule has 0 N–H and O–H groups in total. The summed E-state index contributed by atoms with van der Waals surface area (Å²) >= 11 is 0. The Bertz CT molecular complexity index is 1560. The monoisotopic (exact) mass is 594 g/mol. The molecule has 0 fully saturated rings. The van der Waals surface area contributed by atoms with Crippen LogP contribution in [0.25, 0.3) is 11.1 Å². The third-order valence-corrected chi connectivity index (χ3v) is 6.52. The number of alkyl halides is 6. The second-order valence-corrected chi connectivity index (χ2v) is 9.62. The van der Waals surface area contributed by atoms with Crippen molar-refractivity contribution >= 4 is 0 Å². The zero-order valence-electron chi connectivity index (χ0n) is 22.0. The molecule has 42 heavy (non-hydrogen) atoms. The maximum Gasteiger partial charge on any atom is 0.429 e. The van der Waals surface area contributed by atoms with Gasteiger partial charge in [0.25, 0.3) is 0 Å². The largest absolute Gasteiger partial charge is 0.429 e. The topological polar surface area (TPSA) is 9.23 Å². The molecule has 3 aromatic carbocycles. The Morgan fingerprint density at radius 2 is 1.50 bits per heavy atom. The van der Waals surface area contributed by atoms with Gasteiger partial charge in [-0.2, -0.15) is 22.0 Å². The summed E-state index contributed by atoms with van der Waals surface area (Å²) in [5.41, 5.74) is 0.160. The first-order chi connectivity index (χ1) is 19.8. The van der Waals surface area contributed by atoms with E-state index >= 15 is 0 Å². The highest BCUT2D eigenvalue weighted by molar-refractivity contribution is 5.64. The van der Waals surface area contributed by atoms with Gasteiger partial charge >= 0.3 is 12.3 Å². The molecular weight excluding hydrogens is 571 g/mol. The summed E-state index contributed by atoms with van der Waals surface area (Å²) < 4.78 is 130. The van der Waals surface area contributed by atoms with Crippen molar-refractivity contribution in [2.24, 2.45) is 5.92 Å². The molecule has 0 spiro atoms. The summed E-state index contributed by atoms with van der Waals surface area (Å²) in [7, 11) is 0. The van der Waals surface area contributed by atoms with Crippen molar-refractivity contribution in [3.63, 3.8) is 0 Å². The smallest absolute Gasteiger partial charge is 0.429 e. The van der Waals surface area contributed by atoms with Crippen LogP contribution in [0.5, 0.6) is 5.75 Å². The number of aryl methyl sites for hydroxylation is 1. The van der Waals surface area contributed by atoms with Gasteiger partial charge in [-0.1, -0.05) is 55.5 Å². The number of unbranched alkanes of at least 4 members (excludes halogenated alkanes) is 1. The average Bonchev–Trinajstić information content (AvgIpc) is 2.90. The molecule has 10 heteroatoms. The SMILES string of the molecule is CCCCc1ccc(-c2ccc(C(F)(F)Oc3ccc(C#CC4=CC(F)C(C(F)(F)F)C(F)=C4)c(F)c3)c(F)c2)cc1. The van der Waals surface area contributed by atoms with E-state index in [1.54, 1.807) is 12.1 Å². The van der Waals surface area contributed by atoms with E-state index in [9.17, 15) is 39.5 Å². The fourth-order valence-corrected chi connectivity index (χ4v) is 4.30. The Balaban J connectivity index is 1.47. The van der Waals surface area contributed by atoms with Crippen LogP contribution in [0, 0.1) is 29.4 Å². The second kappa shape index (κ2) is 12.4. The highest BCUT2D eigenvalue weighted by Crippen LogP contribution is 2.40. The van der Waals surface area contributed by atoms with Crippen LogP contribution in [0.15, 0.2) is 84.2 Å². The minimum absolute atomic E-state index is 0.374. The van der Waals surface area contributed by atoms with Crippen molar-refractivity contribution in [3.8, 4) is 28.7 Å². The Kier molecular flexibility index (Phi) is 9.09. The van der Waals surface area contributed by atoms with Gasteiger partial charge in [-0.25, -0.2) is 17.6 Å². The van der Waals surface area contributed by atoms with E-state index < -0.39 is 64.3 Å². The zero-order chi connectivity index (χ0) is 30.7. The first-order valence-corrected chi connectivity index (χ1v) is 12.9. The minimum Gasteiger partial charge on any atom is -0.429 e. The van der Waals surface area contributed by atoms with Crippen molar-refractivity contribution < 1.29 is 44.3 Å².